The monoisotopic (exact) mass is 403 g/mol. The zero-order valence-electron chi connectivity index (χ0n) is 17.1. The molecule has 0 spiro atoms. The van der Waals surface area contributed by atoms with Gasteiger partial charge in [0.2, 0.25) is 5.78 Å². The average molecular weight is 403 g/mol. The summed E-state index contributed by atoms with van der Waals surface area (Å²) in [5.41, 5.74) is 1.04. The summed E-state index contributed by atoms with van der Waals surface area (Å²) in [6, 6.07) is 4.84. The summed E-state index contributed by atoms with van der Waals surface area (Å²) < 4.78 is 5.31. The van der Waals surface area contributed by atoms with E-state index in [0.29, 0.717) is 23.9 Å². The number of anilines is 1. The number of carbonyl (C=O) groups is 2. The van der Waals surface area contributed by atoms with E-state index in [1.165, 1.54) is 11.0 Å². The smallest absolute Gasteiger partial charge is 0.257 e. The summed E-state index contributed by atoms with van der Waals surface area (Å²) in [6.45, 7) is 0.611. The van der Waals surface area contributed by atoms with Gasteiger partial charge in [0.25, 0.3) is 5.91 Å². The van der Waals surface area contributed by atoms with Crippen LogP contribution in [0.2, 0.25) is 0 Å². The molecule has 2 aliphatic carbocycles. The molecule has 2 aliphatic rings. The molecular weight excluding hydrogens is 374 g/mol. The number of nitrogens with zero attached hydrogens (tertiary/aromatic N) is 1. The quantitative estimate of drug-likeness (QED) is 0.510. The van der Waals surface area contributed by atoms with E-state index in [9.17, 15) is 19.8 Å². The molecule has 0 aliphatic heterocycles. The molecule has 0 heterocycles. The minimum atomic E-state index is -1.28. The van der Waals surface area contributed by atoms with Gasteiger partial charge in [-0.15, -0.1) is 0 Å². The second-order valence-corrected chi connectivity index (χ2v) is 7.83. The lowest BCUT2D eigenvalue weighted by molar-refractivity contribution is -0.125. The normalized spacial score (nSPS) is 24.1. The highest BCUT2D eigenvalue weighted by Gasteiger charge is 2.41. The summed E-state index contributed by atoms with van der Waals surface area (Å²) in [6.07, 6.45) is 2.86. The standard InChI is InChI=1S/C21H29N3O5/c1-24(2)21(28)13-8-6-10-15(18(13)25)23-17-16(19(26)20(17)27)22-14-9-5-4-7-12(14)11-29-3/h6,8,10,12,14,20,22-23,25,27H,4-5,7,9,11H2,1-3H3/t12-,14+,20?/m1/s1. The predicted molar refractivity (Wildman–Crippen MR) is 109 cm³/mol. The Balaban J connectivity index is 1.83. The Bertz CT molecular complexity index is 819. The first-order valence-corrected chi connectivity index (χ1v) is 9.87. The molecule has 0 aromatic heterocycles. The van der Waals surface area contributed by atoms with E-state index in [4.69, 9.17) is 4.74 Å². The van der Waals surface area contributed by atoms with Crippen molar-refractivity contribution >= 4 is 17.4 Å². The first kappa shape index (κ1) is 21.1. The minimum absolute atomic E-state index is 0.0854. The SMILES string of the molecule is COC[C@H]1CCCC[C@@H]1NC1=C(Nc2cccc(C(=O)N(C)C)c2O)C(O)C1=O. The van der Waals surface area contributed by atoms with Gasteiger partial charge in [0.1, 0.15) is 5.70 Å². The van der Waals surface area contributed by atoms with Crippen LogP contribution in [0, 0.1) is 5.92 Å². The van der Waals surface area contributed by atoms with Gasteiger partial charge in [0.15, 0.2) is 11.9 Å². The van der Waals surface area contributed by atoms with Gasteiger partial charge >= 0.3 is 0 Å². The van der Waals surface area contributed by atoms with E-state index >= 15 is 0 Å². The van der Waals surface area contributed by atoms with E-state index in [0.717, 1.165) is 25.7 Å². The lowest BCUT2D eigenvalue weighted by Gasteiger charge is -2.37. The molecule has 158 valence electrons. The Labute approximate surface area is 170 Å². The van der Waals surface area contributed by atoms with Crippen molar-refractivity contribution < 1.29 is 24.5 Å². The van der Waals surface area contributed by atoms with Crippen molar-refractivity contribution in [3.05, 3.63) is 35.2 Å². The number of rotatable bonds is 7. The molecule has 1 fully saturated rings. The van der Waals surface area contributed by atoms with E-state index in [1.54, 1.807) is 33.3 Å². The van der Waals surface area contributed by atoms with Gasteiger partial charge in [-0.25, -0.2) is 0 Å². The third-order valence-corrected chi connectivity index (χ3v) is 5.60. The van der Waals surface area contributed by atoms with Gasteiger partial charge in [-0.3, -0.25) is 9.59 Å². The summed E-state index contributed by atoms with van der Waals surface area (Å²) >= 11 is 0. The summed E-state index contributed by atoms with van der Waals surface area (Å²) in [5.74, 6) is -0.649. The number of hydrogen-bond acceptors (Lipinski definition) is 7. The van der Waals surface area contributed by atoms with Gasteiger partial charge in [0, 0.05) is 33.2 Å². The average Bonchev–Trinajstić information content (AvgIpc) is 2.72. The number of ether oxygens (including phenoxy) is 1. The number of phenols is 1. The molecule has 1 amide bonds. The van der Waals surface area contributed by atoms with Gasteiger partial charge < -0.3 is 30.5 Å². The van der Waals surface area contributed by atoms with Crippen LogP contribution in [0.4, 0.5) is 5.69 Å². The molecule has 8 nitrogen and oxygen atoms in total. The molecule has 8 heteroatoms. The first-order valence-electron chi connectivity index (χ1n) is 9.87. The van der Waals surface area contributed by atoms with E-state index in [1.807, 2.05) is 0 Å². The van der Waals surface area contributed by atoms with E-state index in [-0.39, 0.29) is 34.7 Å². The largest absolute Gasteiger partial charge is 0.505 e. The lowest BCUT2D eigenvalue weighted by Crippen LogP contribution is -2.51. The van der Waals surface area contributed by atoms with Crippen LogP contribution in [0.3, 0.4) is 0 Å². The van der Waals surface area contributed by atoms with Crippen LogP contribution >= 0.6 is 0 Å². The number of para-hydroxylation sites is 1. The van der Waals surface area contributed by atoms with Crippen LogP contribution in [0.5, 0.6) is 5.75 Å². The van der Waals surface area contributed by atoms with Crippen molar-refractivity contribution in [2.24, 2.45) is 5.92 Å². The number of hydrogen-bond donors (Lipinski definition) is 4. The number of nitrogens with one attached hydrogen (secondary N) is 2. The van der Waals surface area contributed by atoms with Crippen molar-refractivity contribution in [1.29, 1.82) is 0 Å². The Hall–Kier alpha value is -2.58. The molecular formula is C21H29N3O5. The number of ketones is 1. The Morgan fingerprint density at radius 3 is 2.69 bits per heavy atom. The van der Waals surface area contributed by atoms with Gasteiger partial charge in [-0.2, -0.15) is 0 Å². The van der Waals surface area contributed by atoms with Crippen molar-refractivity contribution in [1.82, 2.24) is 10.2 Å². The number of carbonyl (C=O) groups excluding carboxylic acids is 2. The molecule has 1 unspecified atom stereocenters. The molecule has 0 radical (unpaired) electrons. The van der Waals surface area contributed by atoms with Gasteiger partial charge in [0.05, 0.1) is 23.6 Å². The highest BCUT2D eigenvalue weighted by Crippen LogP contribution is 2.34. The number of amides is 1. The van der Waals surface area contributed by atoms with Crippen LogP contribution < -0.4 is 10.6 Å². The minimum Gasteiger partial charge on any atom is -0.505 e. The van der Waals surface area contributed by atoms with Crippen molar-refractivity contribution in [2.45, 2.75) is 37.8 Å². The lowest BCUT2D eigenvalue weighted by atomic mass is 9.83. The zero-order chi connectivity index (χ0) is 21.1. The molecule has 1 saturated carbocycles. The Morgan fingerprint density at radius 2 is 2.00 bits per heavy atom. The third-order valence-electron chi connectivity index (χ3n) is 5.60. The van der Waals surface area contributed by atoms with Crippen molar-refractivity contribution in [2.75, 3.05) is 33.1 Å². The van der Waals surface area contributed by atoms with Gasteiger partial charge in [-0.05, 0) is 25.0 Å². The van der Waals surface area contributed by atoms with Crippen LogP contribution in [0.1, 0.15) is 36.0 Å². The zero-order valence-corrected chi connectivity index (χ0v) is 17.1. The molecule has 3 rings (SSSR count). The van der Waals surface area contributed by atoms with E-state index in [2.05, 4.69) is 10.6 Å². The van der Waals surface area contributed by atoms with Crippen LogP contribution in [0.25, 0.3) is 0 Å². The number of aliphatic hydroxyl groups excluding tert-OH is 1. The summed E-state index contributed by atoms with van der Waals surface area (Å²) in [7, 11) is 4.86. The number of aromatic hydroxyl groups is 1. The maximum absolute atomic E-state index is 12.3. The fourth-order valence-electron chi connectivity index (χ4n) is 3.94. The fourth-order valence-corrected chi connectivity index (χ4v) is 3.94. The second-order valence-electron chi connectivity index (χ2n) is 7.83. The highest BCUT2D eigenvalue weighted by atomic mass is 16.5. The maximum atomic E-state index is 12.3. The molecule has 0 saturated heterocycles. The predicted octanol–water partition coefficient (Wildman–Crippen LogP) is 1.46. The van der Waals surface area contributed by atoms with E-state index < -0.39 is 6.10 Å². The molecule has 1 aromatic rings. The molecule has 3 atom stereocenters. The first-order chi connectivity index (χ1) is 13.8. The maximum Gasteiger partial charge on any atom is 0.257 e. The number of aliphatic hydroxyl groups is 1. The third kappa shape index (κ3) is 4.23. The number of Topliss-reactive ketones (excluding diaryl/α,β-unsaturated/α-hetero) is 1. The van der Waals surface area contributed by atoms with Crippen LogP contribution in [0.15, 0.2) is 29.6 Å². The Morgan fingerprint density at radius 1 is 1.28 bits per heavy atom. The molecule has 1 aromatic carbocycles. The van der Waals surface area contributed by atoms with Crippen molar-refractivity contribution in [3.63, 3.8) is 0 Å². The summed E-state index contributed by atoms with van der Waals surface area (Å²) in [4.78, 5) is 25.9. The number of benzene rings is 1. The molecule has 29 heavy (non-hydrogen) atoms. The molecule has 4 N–H and O–H groups in total. The molecule has 0 bridgehead atoms. The highest BCUT2D eigenvalue weighted by molar-refractivity contribution is 6.09. The Kier molecular flexibility index (Phi) is 6.44. The second kappa shape index (κ2) is 8.84. The van der Waals surface area contributed by atoms with Gasteiger partial charge in [-0.1, -0.05) is 18.9 Å². The van der Waals surface area contributed by atoms with Crippen molar-refractivity contribution in [3.8, 4) is 5.75 Å². The van der Waals surface area contributed by atoms with Crippen LogP contribution in [-0.4, -0.2) is 66.8 Å². The topological polar surface area (TPSA) is 111 Å². The fraction of sp³-hybridized carbons (Fsp3) is 0.524. The number of phenolic OH excluding ortho intramolecular Hbond substituents is 1. The number of methoxy groups -OCH3 is 1. The van der Waals surface area contributed by atoms with Crippen LogP contribution in [-0.2, 0) is 9.53 Å². The summed E-state index contributed by atoms with van der Waals surface area (Å²) in [5, 5.41) is 26.9.